The fourth-order valence-electron chi connectivity index (χ4n) is 4.51. The number of sulfonamides is 1. The fraction of sp³-hybridized carbons (Fsp3) is 0.440. The number of aromatic nitrogens is 4. The Balaban J connectivity index is 1.34. The van der Waals surface area contributed by atoms with Gasteiger partial charge in [0.25, 0.3) is 0 Å². The van der Waals surface area contributed by atoms with Crippen LogP contribution in [0.1, 0.15) is 36.6 Å². The van der Waals surface area contributed by atoms with Crippen molar-refractivity contribution >= 4 is 44.2 Å². The zero-order valence-corrected chi connectivity index (χ0v) is 21.8. The van der Waals surface area contributed by atoms with Crippen molar-refractivity contribution in [1.82, 2.24) is 23.8 Å². The molecule has 1 amide bonds. The number of carbonyl (C=O) groups excluding carboxylic acids is 1. The average molecular weight is 528 g/mol. The van der Waals surface area contributed by atoms with E-state index in [0.29, 0.717) is 43.2 Å². The lowest BCUT2D eigenvalue weighted by Crippen LogP contribution is -2.33. The largest absolute Gasteiger partial charge is 0.366 e. The first-order valence-electron chi connectivity index (χ1n) is 12.3. The van der Waals surface area contributed by atoms with Gasteiger partial charge < -0.3 is 15.2 Å². The average Bonchev–Trinajstić information content (AvgIpc) is 3.50. The minimum atomic E-state index is -3.20. The molecule has 0 bridgehead atoms. The fourth-order valence-corrected chi connectivity index (χ4v) is 5.28. The molecular weight excluding hydrogens is 497 g/mol. The van der Waals surface area contributed by atoms with Crippen LogP contribution in [0.15, 0.2) is 30.7 Å². The highest BCUT2D eigenvalue weighted by Gasteiger charge is 2.44. The summed E-state index contributed by atoms with van der Waals surface area (Å²) in [5, 5.41) is 6.07. The van der Waals surface area contributed by atoms with Gasteiger partial charge in [-0.3, -0.25) is 9.78 Å². The van der Waals surface area contributed by atoms with Gasteiger partial charge in [-0.15, -0.1) is 0 Å². The van der Waals surface area contributed by atoms with E-state index in [2.05, 4.69) is 38.6 Å². The Morgan fingerprint density at radius 3 is 2.68 bits per heavy atom. The summed E-state index contributed by atoms with van der Waals surface area (Å²) < 4.78 is 40.2. The number of carbonyl (C=O) groups is 1. The summed E-state index contributed by atoms with van der Waals surface area (Å²) >= 11 is 0. The summed E-state index contributed by atoms with van der Waals surface area (Å²) in [7, 11) is -1.35. The lowest BCUT2D eigenvalue weighted by atomic mass is 10.0. The van der Waals surface area contributed by atoms with E-state index in [4.69, 9.17) is 0 Å². The molecule has 196 valence electrons. The maximum atomic E-state index is 13.4. The Hall–Kier alpha value is -3.38. The van der Waals surface area contributed by atoms with Gasteiger partial charge in [-0.1, -0.05) is 13.0 Å². The van der Waals surface area contributed by atoms with Crippen LogP contribution < -0.4 is 10.6 Å². The van der Waals surface area contributed by atoms with Gasteiger partial charge in [0.2, 0.25) is 15.9 Å². The van der Waals surface area contributed by atoms with Gasteiger partial charge in [-0.05, 0) is 42.0 Å². The SMILES string of the molecule is CCc1cc(C2=CCN(S(C)(=O)=O)CC2)ncc1CNc1cc2c(ncn2C)c(NC(=O)[C@H]2C[C@H]2F)n1. The number of imidazole rings is 1. The molecule has 37 heavy (non-hydrogen) atoms. The first-order valence-corrected chi connectivity index (χ1v) is 14.1. The molecule has 12 heteroatoms. The van der Waals surface area contributed by atoms with E-state index in [1.165, 1.54) is 10.6 Å². The Kier molecular flexibility index (Phi) is 6.71. The van der Waals surface area contributed by atoms with Crippen molar-refractivity contribution in [2.45, 2.75) is 38.9 Å². The zero-order valence-electron chi connectivity index (χ0n) is 21.0. The number of pyridine rings is 2. The first-order chi connectivity index (χ1) is 17.6. The molecule has 1 saturated carbocycles. The third-order valence-electron chi connectivity index (χ3n) is 6.90. The van der Waals surface area contributed by atoms with Crippen molar-refractivity contribution in [2.75, 3.05) is 30.0 Å². The summed E-state index contributed by atoms with van der Waals surface area (Å²) in [4.78, 5) is 25.9. The summed E-state index contributed by atoms with van der Waals surface area (Å²) in [5.41, 5.74) is 5.38. The molecule has 1 aliphatic carbocycles. The van der Waals surface area contributed by atoms with Crippen molar-refractivity contribution in [3.63, 3.8) is 0 Å². The topological polar surface area (TPSA) is 122 Å². The number of hydrogen-bond donors (Lipinski definition) is 2. The first kappa shape index (κ1) is 25.3. The highest BCUT2D eigenvalue weighted by Crippen LogP contribution is 2.35. The highest BCUT2D eigenvalue weighted by atomic mass is 32.2. The van der Waals surface area contributed by atoms with Crippen LogP contribution in [0.3, 0.4) is 0 Å². The Morgan fingerprint density at radius 2 is 2.03 bits per heavy atom. The molecule has 2 atom stereocenters. The number of aryl methyl sites for hydroxylation is 2. The smallest absolute Gasteiger partial charge is 0.231 e. The maximum Gasteiger partial charge on any atom is 0.231 e. The van der Waals surface area contributed by atoms with Gasteiger partial charge >= 0.3 is 0 Å². The molecule has 2 aliphatic rings. The quantitative estimate of drug-likeness (QED) is 0.462. The second-order valence-electron chi connectivity index (χ2n) is 9.57. The lowest BCUT2D eigenvalue weighted by molar-refractivity contribution is -0.117. The summed E-state index contributed by atoms with van der Waals surface area (Å²) in [6, 6.07) is 3.92. The van der Waals surface area contributed by atoms with E-state index >= 15 is 0 Å². The Labute approximate surface area is 215 Å². The second kappa shape index (κ2) is 9.82. The van der Waals surface area contributed by atoms with Crippen LogP contribution in [-0.4, -0.2) is 63.7 Å². The number of halogens is 1. The number of hydrogen-bond acceptors (Lipinski definition) is 7. The minimum absolute atomic E-state index is 0.241. The van der Waals surface area contributed by atoms with Crippen LogP contribution >= 0.6 is 0 Å². The molecule has 0 radical (unpaired) electrons. The number of rotatable bonds is 8. The molecule has 1 aliphatic heterocycles. The van der Waals surface area contributed by atoms with Crippen molar-refractivity contribution in [1.29, 1.82) is 0 Å². The molecule has 0 aromatic carbocycles. The van der Waals surface area contributed by atoms with Gasteiger partial charge in [0.15, 0.2) is 5.82 Å². The van der Waals surface area contributed by atoms with Gasteiger partial charge in [0.05, 0.1) is 29.7 Å². The number of amides is 1. The Bertz CT molecular complexity index is 1500. The van der Waals surface area contributed by atoms with Gasteiger partial charge in [-0.2, -0.15) is 4.31 Å². The predicted octanol–water partition coefficient (Wildman–Crippen LogP) is 2.88. The standard InChI is InChI=1S/C25H30FN7O3S/c1-4-15-9-20(16-5-7-33(8-6-16)37(3,35)36)27-12-17(15)13-28-22-11-21-23(29-14-32(21)2)24(30-22)31-25(34)18-10-19(18)26/h5,9,11-12,14,18-19H,4,6-8,10,13H2,1-3H3,(H2,28,30,31,34)/t18-,19+/m0/s1. The second-order valence-corrected chi connectivity index (χ2v) is 11.6. The molecule has 3 aromatic heterocycles. The van der Waals surface area contributed by atoms with Crippen LogP contribution in [0.4, 0.5) is 16.0 Å². The van der Waals surface area contributed by atoms with Gasteiger partial charge in [-0.25, -0.2) is 22.8 Å². The van der Waals surface area contributed by atoms with Crippen LogP contribution in [0.2, 0.25) is 0 Å². The maximum absolute atomic E-state index is 13.4. The summed E-state index contributed by atoms with van der Waals surface area (Å²) in [6.45, 7) is 3.35. The zero-order chi connectivity index (χ0) is 26.3. The molecule has 4 heterocycles. The summed E-state index contributed by atoms with van der Waals surface area (Å²) in [6.07, 6.45) is 7.21. The van der Waals surface area contributed by atoms with E-state index in [0.717, 1.165) is 34.3 Å². The van der Waals surface area contributed by atoms with Crippen LogP contribution in [0, 0.1) is 5.92 Å². The monoisotopic (exact) mass is 527 g/mol. The van der Waals surface area contributed by atoms with Crippen molar-refractivity contribution < 1.29 is 17.6 Å². The molecule has 5 rings (SSSR count). The highest BCUT2D eigenvalue weighted by molar-refractivity contribution is 7.88. The normalized spacial score (nSPS) is 20.1. The van der Waals surface area contributed by atoms with Crippen molar-refractivity contribution in [2.24, 2.45) is 13.0 Å². The molecule has 2 N–H and O–H groups in total. The van der Waals surface area contributed by atoms with E-state index < -0.39 is 22.1 Å². The molecule has 10 nitrogen and oxygen atoms in total. The van der Waals surface area contributed by atoms with Gasteiger partial charge in [0, 0.05) is 38.9 Å². The Morgan fingerprint density at radius 1 is 1.24 bits per heavy atom. The molecule has 1 fully saturated rings. The molecule has 0 unspecified atom stereocenters. The number of nitrogens with zero attached hydrogens (tertiary/aromatic N) is 5. The van der Waals surface area contributed by atoms with Crippen molar-refractivity contribution in [3.05, 3.63) is 47.6 Å². The van der Waals surface area contributed by atoms with Crippen LogP contribution in [-0.2, 0) is 34.8 Å². The molecule has 0 spiro atoms. The summed E-state index contributed by atoms with van der Waals surface area (Å²) in [5.74, 6) is -0.140. The van der Waals surface area contributed by atoms with Crippen molar-refractivity contribution in [3.8, 4) is 0 Å². The number of alkyl halides is 1. The molecular formula is C25H30FN7O3S. The third kappa shape index (κ3) is 5.35. The molecule has 3 aromatic rings. The van der Waals surface area contributed by atoms with Crippen LogP contribution in [0.25, 0.3) is 16.6 Å². The van der Waals surface area contributed by atoms with E-state index in [-0.39, 0.29) is 12.3 Å². The van der Waals surface area contributed by atoms with E-state index in [1.54, 1.807) is 6.33 Å². The molecule has 0 saturated heterocycles. The minimum Gasteiger partial charge on any atom is -0.366 e. The van der Waals surface area contributed by atoms with E-state index in [9.17, 15) is 17.6 Å². The number of nitrogens with one attached hydrogen (secondary N) is 2. The number of anilines is 2. The van der Waals surface area contributed by atoms with E-state index in [1.807, 2.05) is 30.0 Å². The lowest BCUT2D eigenvalue weighted by Gasteiger charge is -2.24. The third-order valence-corrected chi connectivity index (χ3v) is 8.17. The predicted molar refractivity (Wildman–Crippen MR) is 140 cm³/mol. The number of fused-ring (bicyclic) bond motifs is 1. The van der Waals surface area contributed by atoms with Crippen LogP contribution in [0.5, 0.6) is 0 Å². The van der Waals surface area contributed by atoms with Gasteiger partial charge in [0.1, 0.15) is 17.5 Å².